The number of anilines is 1. The Morgan fingerprint density at radius 3 is 2.71 bits per heavy atom. The predicted octanol–water partition coefficient (Wildman–Crippen LogP) is -0.828. The minimum atomic E-state index is -0.682. The standard InChI is InChI=1S/C9H15N5O3/c1-5(2)11-6(15)4-14-8(10)7(12-13-14)9(16)17-3/h5H,4,10H2,1-3H3,(H,11,15). The van der Waals surface area contributed by atoms with Gasteiger partial charge >= 0.3 is 5.97 Å². The van der Waals surface area contributed by atoms with Gasteiger partial charge in [-0.3, -0.25) is 4.79 Å². The molecule has 3 N–H and O–H groups in total. The van der Waals surface area contributed by atoms with Crippen LogP contribution >= 0.6 is 0 Å². The smallest absolute Gasteiger partial charge is 0.362 e. The lowest BCUT2D eigenvalue weighted by molar-refractivity contribution is -0.122. The van der Waals surface area contributed by atoms with E-state index in [2.05, 4.69) is 20.4 Å². The number of nitrogens with one attached hydrogen (secondary N) is 1. The summed E-state index contributed by atoms with van der Waals surface area (Å²) in [4.78, 5) is 22.6. The van der Waals surface area contributed by atoms with Gasteiger partial charge in [-0.25, -0.2) is 9.48 Å². The summed E-state index contributed by atoms with van der Waals surface area (Å²) in [6.45, 7) is 3.58. The molecule has 0 fully saturated rings. The lowest BCUT2D eigenvalue weighted by atomic mass is 10.4. The number of carbonyl (C=O) groups excluding carboxylic acids is 2. The minimum Gasteiger partial charge on any atom is -0.464 e. The van der Waals surface area contributed by atoms with Gasteiger partial charge in [-0.05, 0) is 13.8 Å². The van der Waals surface area contributed by atoms with Gasteiger partial charge in [0.05, 0.1) is 7.11 Å². The van der Waals surface area contributed by atoms with Crippen LogP contribution in [0.3, 0.4) is 0 Å². The fourth-order valence-electron chi connectivity index (χ4n) is 1.18. The van der Waals surface area contributed by atoms with Gasteiger partial charge in [0.25, 0.3) is 0 Å². The highest BCUT2D eigenvalue weighted by atomic mass is 16.5. The maximum Gasteiger partial charge on any atom is 0.362 e. The largest absolute Gasteiger partial charge is 0.464 e. The fraction of sp³-hybridized carbons (Fsp3) is 0.556. The number of esters is 1. The first-order valence-corrected chi connectivity index (χ1v) is 5.02. The van der Waals surface area contributed by atoms with E-state index in [9.17, 15) is 9.59 Å². The third-order valence-electron chi connectivity index (χ3n) is 1.90. The molecule has 1 aromatic heterocycles. The van der Waals surface area contributed by atoms with Gasteiger partial charge in [0.15, 0.2) is 5.82 Å². The molecule has 0 aliphatic carbocycles. The molecule has 0 unspecified atom stereocenters. The van der Waals surface area contributed by atoms with Crippen LogP contribution in [0.4, 0.5) is 5.82 Å². The summed E-state index contributed by atoms with van der Waals surface area (Å²) in [7, 11) is 1.21. The van der Waals surface area contributed by atoms with Crippen LogP contribution in [0.25, 0.3) is 0 Å². The molecule has 94 valence electrons. The first-order chi connectivity index (χ1) is 7.95. The molecule has 0 aromatic carbocycles. The molecule has 8 heteroatoms. The average molecular weight is 241 g/mol. The highest BCUT2D eigenvalue weighted by Gasteiger charge is 2.19. The van der Waals surface area contributed by atoms with E-state index >= 15 is 0 Å². The first kappa shape index (κ1) is 12.9. The molecule has 0 atom stereocenters. The van der Waals surface area contributed by atoms with E-state index in [1.54, 1.807) is 0 Å². The maximum absolute atomic E-state index is 11.5. The van der Waals surface area contributed by atoms with Crippen LogP contribution in [0.2, 0.25) is 0 Å². The number of hydrogen-bond donors (Lipinski definition) is 2. The second kappa shape index (κ2) is 5.28. The highest BCUT2D eigenvalue weighted by molar-refractivity contribution is 5.92. The number of hydrogen-bond acceptors (Lipinski definition) is 6. The van der Waals surface area contributed by atoms with Crippen LogP contribution in [0.5, 0.6) is 0 Å². The molecule has 0 bridgehead atoms. The van der Waals surface area contributed by atoms with Crippen molar-refractivity contribution in [3.05, 3.63) is 5.69 Å². The molecule has 0 saturated heterocycles. The number of nitrogen functional groups attached to an aromatic ring is 1. The average Bonchev–Trinajstić information content (AvgIpc) is 2.58. The van der Waals surface area contributed by atoms with Crippen LogP contribution in [-0.4, -0.2) is 40.0 Å². The molecule has 1 heterocycles. The van der Waals surface area contributed by atoms with E-state index in [0.717, 1.165) is 4.68 Å². The predicted molar refractivity (Wildman–Crippen MR) is 59.1 cm³/mol. The zero-order valence-corrected chi connectivity index (χ0v) is 9.93. The Kier molecular flexibility index (Phi) is 4.02. The van der Waals surface area contributed by atoms with Crippen molar-refractivity contribution in [2.24, 2.45) is 0 Å². The maximum atomic E-state index is 11.5. The number of nitrogens with zero attached hydrogens (tertiary/aromatic N) is 3. The summed E-state index contributed by atoms with van der Waals surface area (Å²) < 4.78 is 5.61. The van der Waals surface area contributed by atoms with Crippen molar-refractivity contribution in [3.8, 4) is 0 Å². The van der Waals surface area contributed by atoms with E-state index < -0.39 is 5.97 Å². The zero-order chi connectivity index (χ0) is 13.0. The zero-order valence-electron chi connectivity index (χ0n) is 9.93. The quantitative estimate of drug-likeness (QED) is 0.665. The monoisotopic (exact) mass is 241 g/mol. The van der Waals surface area contributed by atoms with Crippen LogP contribution in [0.15, 0.2) is 0 Å². The lowest BCUT2D eigenvalue weighted by Gasteiger charge is -2.08. The number of methoxy groups -OCH3 is 1. The Bertz CT molecular complexity index is 426. The molecular weight excluding hydrogens is 226 g/mol. The number of carbonyl (C=O) groups is 2. The Hall–Kier alpha value is -2.12. The van der Waals surface area contributed by atoms with Gasteiger partial charge in [0.1, 0.15) is 6.54 Å². The van der Waals surface area contributed by atoms with E-state index in [1.807, 2.05) is 13.8 Å². The number of amides is 1. The van der Waals surface area contributed by atoms with Gasteiger partial charge in [-0.2, -0.15) is 0 Å². The van der Waals surface area contributed by atoms with Gasteiger partial charge in [-0.15, -0.1) is 5.10 Å². The summed E-state index contributed by atoms with van der Waals surface area (Å²) in [5.74, 6) is -0.929. The van der Waals surface area contributed by atoms with E-state index in [-0.39, 0.29) is 30.0 Å². The van der Waals surface area contributed by atoms with E-state index in [1.165, 1.54) is 7.11 Å². The summed E-state index contributed by atoms with van der Waals surface area (Å²) in [6.07, 6.45) is 0. The Labute approximate surface area is 98.1 Å². The number of nitrogens with two attached hydrogens (primary N) is 1. The molecule has 0 aliphatic heterocycles. The topological polar surface area (TPSA) is 112 Å². The Balaban J connectivity index is 2.77. The molecule has 8 nitrogen and oxygen atoms in total. The van der Waals surface area contributed by atoms with Crippen molar-refractivity contribution in [1.82, 2.24) is 20.3 Å². The number of ether oxygens (including phenoxy) is 1. The summed E-state index contributed by atoms with van der Waals surface area (Å²) in [6, 6.07) is 0.0207. The van der Waals surface area contributed by atoms with Gasteiger partial charge in [-0.1, -0.05) is 5.21 Å². The SMILES string of the molecule is COC(=O)c1nnn(CC(=O)NC(C)C)c1N. The molecule has 1 rings (SSSR count). The molecule has 0 radical (unpaired) electrons. The van der Waals surface area contributed by atoms with Crippen molar-refractivity contribution in [3.63, 3.8) is 0 Å². The van der Waals surface area contributed by atoms with Crippen LogP contribution < -0.4 is 11.1 Å². The van der Waals surface area contributed by atoms with Crippen molar-refractivity contribution in [2.75, 3.05) is 12.8 Å². The minimum absolute atomic E-state index is 0.00996. The Morgan fingerprint density at radius 2 is 2.18 bits per heavy atom. The summed E-state index contributed by atoms with van der Waals surface area (Å²) in [5, 5.41) is 9.84. The lowest BCUT2D eigenvalue weighted by Crippen LogP contribution is -2.33. The summed E-state index contributed by atoms with van der Waals surface area (Å²) >= 11 is 0. The fourth-order valence-corrected chi connectivity index (χ4v) is 1.18. The second-order valence-corrected chi connectivity index (χ2v) is 3.69. The van der Waals surface area contributed by atoms with Crippen LogP contribution in [-0.2, 0) is 16.1 Å². The molecular formula is C9H15N5O3. The normalized spacial score (nSPS) is 10.4. The molecule has 17 heavy (non-hydrogen) atoms. The number of aromatic nitrogens is 3. The first-order valence-electron chi connectivity index (χ1n) is 5.02. The third-order valence-corrected chi connectivity index (χ3v) is 1.90. The third kappa shape index (κ3) is 3.16. The van der Waals surface area contributed by atoms with Gasteiger partial charge < -0.3 is 15.8 Å². The molecule has 0 spiro atoms. The molecule has 0 aliphatic rings. The van der Waals surface area contributed by atoms with E-state index in [4.69, 9.17) is 5.73 Å². The van der Waals surface area contributed by atoms with Crippen molar-refractivity contribution < 1.29 is 14.3 Å². The highest BCUT2D eigenvalue weighted by Crippen LogP contribution is 2.08. The molecule has 1 amide bonds. The van der Waals surface area contributed by atoms with Crippen LogP contribution in [0, 0.1) is 0 Å². The molecule has 0 saturated carbocycles. The van der Waals surface area contributed by atoms with Gasteiger partial charge in [0.2, 0.25) is 11.6 Å². The van der Waals surface area contributed by atoms with Crippen molar-refractivity contribution in [2.45, 2.75) is 26.4 Å². The molecule has 1 aromatic rings. The van der Waals surface area contributed by atoms with Crippen molar-refractivity contribution in [1.29, 1.82) is 0 Å². The van der Waals surface area contributed by atoms with Gasteiger partial charge in [0, 0.05) is 6.04 Å². The van der Waals surface area contributed by atoms with Crippen molar-refractivity contribution >= 4 is 17.7 Å². The number of rotatable bonds is 4. The Morgan fingerprint density at radius 1 is 1.53 bits per heavy atom. The van der Waals surface area contributed by atoms with Crippen LogP contribution in [0.1, 0.15) is 24.3 Å². The summed E-state index contributed by atoms with van der Waals surface area (Å²) in [5.41, 5.74) is 5.52. The van der Waals surface area contributed by atoms with E-state index in [0.29, 0.717) is 0 Å². The second-order valence-electron chi connectivity index (χ2n) is 3.69.